The maximum atomic E-state index is 12.0. The Balaban J connectivity index is 1.63. The average molecular weight is 299 g/mol. The van der Waals surface area contributed by atoms with Crippen LogP contribution in [0.5, 0.6) is 0 Å². The molecule has 7 nitrogen and oxygen atoms in total. The lowest BCUT2D eigenvalue weighted by molar-refractivity contribution is 0.0942. The predicted molar refractivity (Wildman–Crippen MR) is 79.2 cm³/mol. The summed E-state index contributed by atoms with van der Waals surface area (Å²) in [4.78, 5) is 12.0. The van der Waals surface area contributed by atoms with Crippen LogP contribution in [-0.4, -0.2) is 25.5 Å². The minimum absolute atomic E-state index is 0.233. The molecule has 0 aromatic carbocycles. The van der Waals surface area contributed by atoms with Crippen molar-refractivity contribution in [2.24, 2.45) is 0 Å². The Bertz CT molecular complexity index is 770. The predicted octanol–water partition coefficient (Wildman–Crippen LogP) is 1.73. The summed E-state index contributed by atoms with van der Waals surface area (Å²) >= 11 is 0. The Hall–Kier alpha value is -2.83. The molecule has 0 spiro atoms. The molecule has 0 unspecified atom stereocenters. The number of carbonyl (C=O) groups excluding carboxylic acids is 1. The van der Waals surface area contributed by atoms with Gasteiger partial charge in [-0.1, -0.05) is 0 Å². The molecule has 3 rings (SSSR count). The molecule has 22 heavy (non-hydrogen) atoms. The average Bonchev–Trinajstić information content (AvgIpc) is 3.20. The molecule has 7 heteroatoms. The number of nitrogens with zero attached hydrogens (tertiary/aromatic N) is 4. The number of amides is 1. The van der Waals surface area contributed by atoms with Crippen LogP contribution < -0.4 is 5.32 Å². The molecule has 0 saturated carbocycles. The number of hydrogen-bond donors (Lipinski definition) is 1. The van der Waals surface area contributed by atoms with E-state index in [0.29, 0.717) is 24.7 Å². The molecular weight excluding hydrogens is 282 g/mol. The van der Waals surface area contributed by atoms with Gasteiger partial charge in [0.25, 0.3) is 5.91 Å². The number of carbonyl (C=O) groups is 1. The monoisotopic (exact) mass is 299 g/mol. The van der Waals surface area contributed by atoms with Gasteiger partial charge >= 0.3 is 0 Å². The molecule has 0 fully saturated rings. The van der Waals surface area contributed by atoms with Gasteiger partial charge in [0, 0.05) is 11.9 Å². The smallest absolute Gasteiger partial charge is 0.272 e. The van der Waals surface area contributed by atoms with Crippen LogP contribution in [0.25, 0.3) is 0 Å². The van der Waals surface area contributed by atoms with E-state index in [1.165, 1.54) is 0 Å². The lowest BCUT2D eigenvalue weighted by Crippen LogP contribution is -2.23. The molecule has 0 aliphatic heterocycles. The Kier molecular flexibility index (Phi) is 3.78. The molecule has 0 atom stereocenters. The summed E-state index contributed by atoms with van der Waals surface area (Å²) in [5.74, 6) is 0.471. The van der Waals surface area contributed by atoms with E-state index in [9.17, 15) is 4.79 Å². The number of rotatable bonds is 5. The largest absolute Gasteiger partial charge is 0.467 e. The highest BCUT2D eigenvalue weighted by Gasteiger charge is 2.10. The van der Waals surface area contributed by atoms with Gasteiger partial charge in [0.15, 0.2) is 0 Å². The second-order valence-electron chi connectivity index (χ2n) is 5.07. The van der Waals surface area contributed by atoms with Crippen LogP contribution >= 0.6 is 0 Å². The molecule has 0 aliphatic carbocycles. The van der Waals surface area contributed by atoms with Gasteiger partial charge in [0.05, 0.1) is 18.5 Å². The van der Waals surface area contributed by atoms with Gasteiger partial charge < -0.3 is 9.73 Å². The van der Waals surface area contributed by atoms with E-state index < -0.39 is 0 Å². The van der Waals surface area contributed by atoms with E-state index in [2.05, 4.69) is 15.5 Å². The topological polar surface area (TPSA) is 77.9 Å². The first-order valence-corrected chi connectivity index (χ1v) is 6.97. The van der Waals surface area contributed by atoms with Crippen LogP contribution in [-0.2, 0) is 13.2 Å². The van der Waals surface area contributed by atoms with Gasteiger partial charge in [-0.25, -0.2) is 4.68 Å². The maximum absolute atomic E-state index is 12.0. The minimum atomic E-state index is -0.233. The van der Waals surface area contributed by atoms with Crippen molar-refractivity contribution < 1.29 is 9.21 Å². The van der Waals surface area contributed by atoms with Gasteiger partial charge in [0.2, 0.25) is 0 Å². The summed E-state index contributed by atoms with van der Waals surface area (Å²) in [6.07, 6.45) is 3.34. The number of hydrogen-bond acceptors (Lipinski definition) is 4. The molecule has 1 amide bonds. The van der Waals surface area contributed by atoms with Crippen molar-refractivity contribution in [3.8, 4) is 0 Å². The lowest BCUT2D eigenvalue weighted by atomic mass is 10.4. The van der Waals surface area contributed by atoms with E-state index >= 15 is 0 Å². The third kappa shape index (κ3) is 3.08. The van der Waals surface area contributed by atoms with Crippen molar-refractivity contribution in [3.63, 3.8) is 0 Å². The first kappa shape index (κ1) is 14.1. The van der Waals surface area contributed by atoms with Crippen LogP contribution in [0.2, 0.25) is 0 Å². The molecule has 3 aromatic rings. The minimum Gasteiger partial charge on any atom is -0.467 e. The van der Waals surface area contributed by atoms with Crippen LogP contribution in [0.15, 0.2) is 41.1 Å². The van der Waals surface area contributed by atoms with Crippen LogP contribution in [0, 0.1) is 13.8 Å². The van der Waals surface area contributed by atoms with Crippen LogP contribution in [0.3, 0.4) is 0 Å². The fourth-order valence-corrected chi connectivity index (χ4v) is 2.19. The van der Waals surface area contributed by atoms with E-state index in [1.807, 2.05) is 30.7 Å². The van der Waals surface area contributed by atoms with Gasteiger partial charge in [-0.05, 0) is 38.1 Å². The fourth-order valence-electron chi connectivity index (χ4n) is 2.19. The van der Waals surface area contributed by atoms with Gasteiger partial charge in [0.1, 0.15) is 18.1 Å². The van der Waals surface area contributed by atoms with Crippen molar-refractivity contribution in [1.29, 1.82) is 0 Å². The maximum Gasteiger partial charge on any atom is 0.272 e. The zero-order chi connectivity index (χ0) is 15.5. The Morgan fingerprint density at radius 2 is 2.18 bits per heavy atom. The Morgan fingerprint density at radius 1 is 1.32 bits per heavy atom. The molecule has 3 aromatic heterocycles. The van der Waals surface area contributed by atoms with E-state index in [-0.39, 0.29) is 5.91 Å². The summed E-state index contributed by atoms with van der Waals surface area (Å²) in [6.45, 7) is 4.75. The Morgan fingerprint density at radius 3 is 2.86 bits per heavy atom. The molecular formula is C15H17N5O2. The number of aromatic nitrogens is 4. The van der Waals surface area contributed by atoms with Crippen LogP contribution in [0.4, 0.5) is 0 Å². The van der Waals surface area contributed by atoms with E-state index in [0.717, 1.165) is 11.4 Å². The fraction of sp³-hybridized carbons (Fsp3) is 0.267. The molecule has 0 radical (unpaired) electrons. The summed E-state index contributed by atoms with van der Waals surface area (Å²) < 4.78 is 8.69. The van der Waals surface area contributed by atoms with Crippen molar-refractivity contribution in [1.82, 2.24) is 24.9 Å². The van der Waals surface area contributed by atoms with E-state index in [1.54, 1.807) is 29.3 Å². The second kappa shape index (κ2) is 5.88. The SMILES string of the molecule is Cc1cc(C)n(Cn2ccc(C(=O)NCc3ccco3)n2)n1. The molecule has 3 heterocycles. The Labute approximate surface area is 127 Å². The quantitative estimate of drug-likeness (QED) is 0.778. The molecule has 0 saturated heterocycles. The third-order valence-electron chi connectivity index (χ3n) is 3.26. The van der Waals surface area contributed by atoms with Crippen molar-refractivity contribution in [2.45, 2.75) is 27.1 Å². The van der Waals surface area contributed by atoms with E-state index in [4.69, 9.17) is 4.42 Å². The molecule has 0 bridgehead atoms. The van der Waals surface area contributed by atoms with Crippen LogP contribution in [0.1, 0.15) is 27.6 Å². The van der Waals surface area contributed by atoms with Crippen molar-refractivity contribution in [3.05, 3.63) is 59.6 Å². The van der Waals surface area contributed by atoms with Crippen molar-refractivity contribution >= 4 is 5.91 Å². The number of nitrogens with one attached hydrogen (secondary N) is 1. The first-order valence-electron chi connectivity index (χ1n) is 6.97. The van der Waals surface area contributed by atoms with Crippen molar-refractivity contribution in [2.75, 3.05) is 0 Å². The lowest BCUT2D eigenvalue weighted by Gasteiger charge is -2.04. The summed E-state index contributed by atoms with van der Waals surface area (Å²) in [7, 11) is 0. The second-order valence-corrected chi connectivity index (χ2v) is 5.07. The zero-order valence-electron chi connectivity index (χ0n) is 12.5. The van der Waals surface area contributed by atoms with Gasteiger partial charge in [-0.3, -0.25) is 9.48 Å². The summed E-state index contributed by atoms with van der Waals surface area (Å²) in [5.41, 5.74) is 2.38. The molecule has 1 N–H and O–H groups in total. The van der Waals surface area contributed by atoms with Gasteiger partial charge in [-0.15, -0.1) is 0 Å². The third-order valence-corrected chi connectivity index (χ3v) is 3.26. The standard InChI is InChI=1S/C15H17N5O2/c1-11-8-12(2)20(17-11)10-19-6-5-14(18-19)15(21)16-9-13-4-3-7-22-13/h3-8H,9-10H2,1-2H3,(H,16,21). The molecule has 0 aliphatic rings. The summed E-state index contributed by atoms with van der Waals surface area (Å²) in [6, 6.07) is 7.27. The first-order chi connectivity index (χ1) is 10.6. The zero-order valence-corrected chi connectivity index (χ0v) is 12.5. The highest BCUT2D eigenvalue weighted by molar-refractivity contribution is 5.92. The summed E-state index contributed by atoms with van der Waals surface area (Å²) in [5, 5.41) is 11.4. The highest BCUT2D eigenvalue weighted by atomic mass is 16.3. The molecule has 114 valence electrons. The number of aryl methyl sites for hydroxylation is 2. The van der Waals surface area contributed by atoms with Gasteiger partial charge in [-0.2, -0.15) is 10.2 Å². The highest BCUT2D eigenvalue weighted by Crippen LogP contribution is 2.04. The normalized spacial score (nSPS) is 10.8. The number of furan rings is 1.